The van der Waals surface area contributed by atoms with Crippen LogP contribution < -0.4 is 0 Å². The minimum Gasteiger partial charge on any atom is -0.395 e. The van der Waals surface area contributed by atoms with Crippen molar-refractivity contribution in [1.82, 2.24) is 0 Å². The molecule has 0 saturated heterocycles. The Balaban J connectivity index is 2.56. The monoisotopic (exact) mass is 270 g/mol. The highest BCUT2D eigenvalue weighted by Gasteiger charge is 2.37. The average Bonchev–Trinajstić information content (AvgIpc) is 2.37. The van der Waals surface area contributed by atoms with E-state index in [2.05, 4.69) is 58.6 Å². The summed E-state index contributed by atoms with van der Waals surface area (Å²) in [6, 6.07) is 4.62. The maximum atomic E-state index is 8.85. The standard InChI is InChI=1S/C19H26O/c1-14-12-16-17(13-15(14)8-6-7-11-20)19(4,5)10-9-18(16,2)3/h12-13,20H,7,9-11H2,1-5H3. The summed E-state index contributed by atoms with van der Waals surface area (Å²) < 4.78 is 0. The van der Waals surface area contributed by atoms with Crippen LogP contribution in [-0.2, 0) is 10.8 Å². The summed E-state index contributed by atoms with van der Waals surface area (Å²) in [5, 5.41) is 8.85. The van der Waals surface area contributed by atoms with Crippen molar-refractivity contribution in [2.24, 2.45) is 0 Å². The fraction of sp³-hybridized carbons (Fsp3) is 0.579. The van der Waals surface area contributed by atoms with Crippen LogP contribution in [0, 0.1) is 18.8 Å². The van der Waals surface area contributed by atoms with Crippen LogP contribution in [0.15, 0.2) is 12.1 Å². The second-order valence-corrected chi connectivity index (χ2v) is 7.26. The lowest BCUT2D eigenvalue weighted by atomic mass is 9.62. The Hall–Kier alpha value is -1.26. The number of rotatable bonds is 1. The zero-order valence-electron chi connectivity index (χ0n) is 13.4. The van der Waals surface area contributed by atoms with Crippen molar-refractivity contribution >= 4 is 0 Å². The number of hydrogen-bond donors (Lipinski definition) is 1. The van der Waals surface area contributed by atoms with E-state index < -0.39 is 0 Å². The Morgan fingerprint density at radius 1 is 1.05 bits per heavy atom. The molecular weight excluding hydrogens is 244 g/mol. The van der Waals surface area contributed by atoms with Gasteiger partial charge >= 0.3 is 0 Å². The van der Waals surface area contributed by atoms with Crippen molar-refractivity contribution in [2.45, 2.75) is 64.7 Å². The Labute approximate surface area is 123 Å². The molecule has 20 heavy (non-hydrogen) atoms. The fourth-order valence-corrected chi connectivity index (χ4v) is 3.07. The molecule has 0 aromatic heterocycles. The van der Waals surface area contributed by atoms with Crippen molar-refractivity contribution < 1.29 is 5.11 Å². The minimum atomic E-state index is 0.134. The van der Waals surface area contributed by atoms with Crippen LogP contribution >= 0.6 is 0 Å². The lowest BCUT2D eigenvalue weighted by Gasteiger charge is -2.42. The predicted octanol–water partition coefficient (Wildman–Crippen LogP) is 4.08. The van der Waals surface area contributed by atoms with Crippen LogP contribution in [0.3, 0.4) is 0 Å². The van der Waals surface area contributed by atoms with Crippen LogP contribution in [0.5, 0.6) is 0 Å². The third-order valence-electron chi connectivity index (χ3n) is 4.66. The summed E-state index contributed by atoms with van der Waals surface area (Å²) >= 11 is 0. The highest BCUT2D eigenvalue weighted by Crippen LogP contribution is 2.46. The van der Waals surface area contributed by atoms with Gasteiger partial charge in [-0.1, -0.05) is 45.6 Å². The Bertz CT molecular complexity index is 567. The molecule has 0 unspecified atom stereocenters. The molecule has 0 heterocycles. The van der Waals surface area contributed by atoms with Gasteiger partial charge in [-0.15, -0.1) is 0 Å². The molecule has 1 nitrogen and oxygen atoms in total. The molecule has 1 aromatic carbocycles. The van der Waals surface area contributed by atoms with Gasteiger partial charge < -0.3 is 5.11 Å². The van der Waals surface area contributed by atoms with E-state index in [0.717, 1.165) is 5.56 Å². The molecule has 0 bridgehead atoms. The molecule has 108 valence electrons. The molecule has 2 rings (SSSR count). The smallest absolute Gasteiger partial charge is 0.0540 e. The number of benzene rings is 1. The second kappa shape index (κ2) is 5.26. The normalized spacial score (nSPS) is 18.9. The third kappa shape index (κ3) is 2.76. The molecular formula is C19H26O. The van der Waals surface area contributed by atoms with E-state index in [1.807, 2.05) is 0 Å². The molecule has 1 N–H and O–H groups in total. The summed E-state index contributed by atoms with van der Waals surface area (Å²) in [6.07, 6.45) is 3.01. The highest BCUT2D eigenvalue weighted by molar-refractivity contribution is 5.52. The first-order chi connectivity index (χ1) is 9.28. The van der Waals surface area contributed by atoms with Crippen LogP contribution in [0.4, 0.5) is 0 Å². The Morgan fingerprint density at radius 2 is 1.60 bits per heavy atom. The third-order valence-corrected chi connectivity index (χ3v) is 4.66. The highest BCUT2D eigenvalue weighted by atomic mass is 16.2. The summed E-state index contributed by atoms with van der Waals surface area (Å²) in [5.41, 5.74) is 5.79. The zero-order valence-corrected chi connectivity index (χ0v) is 13.4. The van der Waals surface area contributed by atoms with Crippen molar-refractivity contribution in [3.05, 3.63) is 34.4 Å². The van der Waals surface area contributed by atoms with E-state index in [1.54, 1.807) is 0 Å². The Kier molecular flexibility index (Phi) is 3.98. The number of aliphatic hydroxyl groups excluding tert-OH is 1. The average molecular weight is 270 g/mol. The molecule has 1 aliphatic rings. The molecule has 0 aliphatic heterocycles. The largest absolute Gasteiger partial charge is 0.395 e. The minimum absolute atomic E-state index is 0.134. The first-order valence-electron chi connectivity index (χ1n) is 7.53. The van der Waals surface area contributed by atoms with Gasteiger partial charge in [-0.3, -0.25) is 0 Å². The lowest BCUT2D eigenvalue weighted by Crippen LogP contribution is -2.34. The molecule has 0 atom stereocenters. The maximum Gasteiger partial charge on any atom is 0.0540 e. The van der Waals surface area contributed by atoms with Gasteiger partial charge in [0, 0.05) is 12.0 Å². The van der Waals surface area contributed by atoms with E-state index in [9.17, 15) is 0 Å². The summed E-state index contributed by atoms with van der Waals surface area (Å²) in [7, 11) is 0. The molecule has 0 saturated carbocycles. The molecule has 0 radical (unpaired) electrons. The summed E-state index contributed by atoms with van der Waals surface area (Å²) in [4.78, 5) is 0. The lowest BCUT2D eigenvalue weighted by molar-refractivity contribution is 0.305. The van der Waals surface area contributed by atoms with Gasteiger partial charge in [0.05, 0.1) is 6.61 Å². The van der Waals surface area contributed by atoms with E-state index in [0.29, 0.717) is 6.42 Å². The quantitative estimate of drug-likeness (QED) is 0.762. The first-order valence-corrected chi connectivity index (χ1v) is 7.53. The first kappa shape index (κ1) is 15.1. The zero-order chi connectivity index (χ0) is 15.0. The van der Waals surface area contributed by atoms with Crippen molar-refractivity contribution in [3.8, 4) is 11.8 Å². The van der Waals surface area contributed by atoms with Crippen molar-refractivity contribution in [2.75, 3.05) is 6.61 Å². The van der Waals surface area contributed by atoms with Gasteiger partial charge in [0.15, 0.2) is 0 Å². The molecule has 1 heteroatoms. The predicted molar refractivity (Wildman–Crippen MR) is 85.0 cm³/mol. The number of aliphatic hydroxyl groups is 1. The van der Waals surface area contributed by atoms with Crippen molar-refractivity contribution in [3.63, 3.8) is 0 Å². The van der Waals surface area contributed by atoms with Crippen LogP contribution in [0.1, 0.15) is 69.2 Å². The van der Waals surface area contributed by atoms with E-state index >= 15 is 0 Å². The van der Waals surface area contributed by atoms with Gasteiger partial charge in [0.1, 0.15) is 0 Å². The number of fused-ring (bicyclic) bond motifs is 1. The molecule has 0 amide bonds. The van der Waals surface area contributed by atoms with Gasteiger partial charge in [-0.25, -0.2) is 0 Å². The van der Waals surface area contributed by atoms with Crippen LogP contribution in [0.2, 0.25) is 0 Å². The SMILES string of the molecule is Cc1cc2c(cc1C#CCCO)C(C)(C)CCC2(C)C. The summed E-state index contributed by atoms with van der Waals surface area (Å²) in [5.74, 6) is 6.27. The molecule has 1 aliphatic carbocycles. The fourth-order valence-electron chi connectivity index (χ4n) is 3.07. The number of aryl methyl sites for hydroxylation is 1. The van der Waals surface area contributed by atoms with Gasteiger partial charge in [-0.2, -0.15) is 0 Å². The van der Waals surface area contributed by atoms with Gasteiger partial charge in [0.2, 0.25) is 0 Å². The molecule has 1 aromatic rings. The van der Waals surface area contributed by atoms with Crippen molar-refractivity contribution in [1.29, 1.82) is 0 Å². The summed E-state index contributed by atoms with van der Waals surface area (Å²) in [6.45, 7) is 11.6. The maximum absolute atomic E-state index is 8.85. The number of hydrogen-bond acceptors (Lipinski definition) is 1. The van der Waals surface area contributed by atoms with E-state index in [1.165, 1.54) is 29.5 Å². The van der Waals surface area contributed by atoms with Gasteiger partial charge in [0.25, 0.3) is 0 Å². The second-order valence-electron chi connectivity index (χ2n) is 7.26. The van der Waals surface area contributed by atoms with E-state index in [4.69, 9.17) is 5.11 Å². The van der Waals surface area contributed by atoms with Crippen LogP contribution in [0.25, 0.3) is 0 Å². The Morgan fingerprint density at radius 3 is 2.15 bits per heavy atom. The topological polar surface area (TPSA) is 20.2 Å². The molecule has 0 spiro atoms. The van der Waals surface area contributed by atoms with Crippen LogP contribution in [-0.4, -0.2) is 11.7 Å². The van der Waals surface area contributed by atoms with Gasteiger partial charge in [-0.05, 0) is 53.4 Å². The van der Waals surface area contributed by atoms with E-state index in [-0.39, 0.29) is 17.4 Å². The molecule has 0 fully saturated rings.